The summed E-state index contributed by atoms with van der Waals surface area (Å²) >= 11 is 0. The minimum atomic E-state index is -0.985. The lowest BCUT2D eigenvalue weighted by Crippen LogP contribution is -2.58. The predicted octanol–water partition coefficient (Wildman–Crippen LogP) is 2.49. The van der Waals surface area contributed by atoms with Crippen LogP contribution >= 0.6 is 0 Å². The van der Waals surface area contributed by atoms with Gasteiger partial charge in [0.15, 0.2) is 0 Å². The van der Waals surface area contributed by atoms with E-state index >= 15 is 0 Å². The number of hydrogen-bond acceptors (Lipinski definition) is 4. The number of amides is 2. The molecule has 1 heterocycles. The standard InChI is InChI=1S/C19H32N2O5/c1-17(2,3)13(20-16(25)26-18(4,5)6)14(22)21-9-10-11(19(10,7)8)12(21)15(23)24/h10-13H,9H2,1-8H3,(H,20,25)(H,23,24)/t10-,11?,12-,13+/m0/s1. The van der Waals surface area contributed by atoms with Gasteiger partial charge in [0.05, 0.1) is 0 Å². The molecule has 2 amide bonds. The molecule has 2 N–H and O–H groups in total. The molecule has 1 unspecified atom stereocenters. The van der Waals surface area contributed by atoms with E-state index < -0.39 is 35.2 Å². The second-order valence-corrected chi connectivity index (χ2v) is 10.2. The number of aliphatic carboxylic acids is 1. The quantitative estimate of drug-likeness (QED) is 0.798. The van der Waals surface area contributed by atoms with Gasteiger partial charge in [0, 0.05) is 12.5 Å². The molecule has 2 rings (SSSR count). The average Bonchev–Trinajstić information content (AvgIpc) is 2.81. The zero-order valence-corrected chi connectivity index (χ0v) is 17.0. The molecule has 0 bridgehead atoms. The molecule has 0 aromatic rings. The summed E-state index contributed by atoms with van der Waals surface area (Å²) in [6, 6.07) is -1.70. The molecular weight excluding hydrogens is 336 g/mol. The van der Waals surface area contributed by atoms with Gasteiger partial charge in [0.25, 0.3) is 0 Å². The largest absolute Gasteiger partial charge is 0.480 e. The maximum absolute atomic E-state index is 13.2. The highest BCUT2D eigenvalue weighted by Crippen LogP contribution is 2.65. The average molecular weight is 368 g/mol. The fourth-order valence-electron chi connectivity index (χ4n) is 4.04. The molecule has 7 heteroatoms. The van der Waals surface area contributed by atoms with Gasteiger partial charge in [-0.1, -0.05) is 34.6 Å². The number of nitrogens with zero attached hydrogens (tertiary/aromatic N) is 1. The van der Waals surface area contributed by atoms with Crippen molar-refractivity contribution >= 4 is 18.0 Å². The number of fused-ring (bicyclic) bond motifs is 1. The van der Waals surface area contributed by atoms with Crippen molar-refractivity contribution in [3.63, 3.8) is 0 Å². The molecule has 1 saturated heterocycles. The highest BCUT2D eigenvalue weighted by atomic mass is 16.6. The van der Waals surface area contributed by atoms with E-state index in [2.05, 4.69) is 5.32 Å². The van der Waals surface area contributed by atoms with Gasteiger partial charge < -0.3 is 20.1 Å². The third kappa shape index (κ3) is 3.81. The smallest absolute Gasteiger partial charge is 0.408 e. The fraction of sp³-hybridized carbons (Fsp3) is 0.842. The molecule has 4 atom stereocenters. The fourth-order valence-corrected chi connectivity index (χ4v) is 4.04. The molecule has 26 heavy (non-hydrogen) atoms. The second kappa shape index (κ2) is 6.13. The maximum Gasteiger partial charge on any atom is 0.408 e. The Labute approximate surface area is 155 Å². The van der Waals surface area contributed by atoms with Crippen molar-refractivity contribution in [2.75, 3.05) is 6.54 Å². The van der Waals surface area contributed by atoms with Gasteiger partial charge >= 0.3 is 12.1 Å². The van der Waals surface area contributed by atoms with Crippen molar-refractivity contribution in [3.8, 4) is 0 Å². The summed E-state index contributed by atoms with van der Waals surface area (Å²) in [6.07, 6.45) is -0.678. The Balaban J connectivity index is 2.20. The monoisotopic (exact) mass is 368 g/mol. The summed E-state index contributed by atoms with van der Waals surface area (Å²) in [5, 5.41) is 12.3. The number of carboxylic acids is 1. The van der Waals surface area contributed by atoms with Crippen LogP contribution in [-0.2, 0) is 14.3 Å². The number of ether oxygens (including phenoxy) is 1. The number of rotatable bonds is 3. The van der Waals surface area contributed by atoms with Crippen LogP contribution in [0, 0.1) is 22.7 Å². The third-order valence-corrected chi connectivity index (χ3v) is 5.52. The maximum atomic E-state index is 13.2. The second-order valence-electron chi connectivity index (χ2n) is 10.2. The van der Waals surface area contributed by atoms with Crippen LogP contribution < -0.4 is 5.32 Å². The zero-order valence-electron chi connectivity index (χ0n) is 17.0. The highest BCUT2D eigenvalue weighted by molar-refractivity contribution is 5.91. The molecule has 2 aliphatic rings. The zero-order chi connectivity index (χ0) is 20.2. The van der Waals surface area contributed by atoms with Gasteiger partial charge in [0.1, 0.15) is 17.7 Å². The number of carbonyl (C=O) groups excluding carboxylic acids is 2. The summed E-state index contributed by atoms with van der Waals surface area (Å²) < 4.78 is 5.28. The van der Waals surface area contributed by atoms with Crippen molar-refractivity contribution in [2.45, 2.75) is 73.1 Å². The Morgan fingerprint density at radius 3 is 2.12 bits per heavy atom. The van der Waals surface area contributed by atoms with Gasteiger partial charge in [-0.05, 0) is 37.5 Å². The first-order valence-electron chi connectivity index (χ1n) is 9.10. The van der Waals surface area contributed by atoms with Crippen LogP contribution in [0.5, 0.6) is 0 Å². The van der Waals surface area contributed by atoms with Crippen molar-refractivity contribution in [3.05, 3.63) is 0 Å². The Hall–Kier alpha value is -1.79. The van der Waals surface area contributed by atoms with Crippen molar-refractivity contribution in [1.82, 2.24) is 10.2 Å². The summed E-state index contributed by atoms with van der Waals surface area (Å²) in [5.74, 6) is -1.19. The number of carboxylic acid groups (broad SMARTS) is 1. The SMILES string of the molecule is CC(C)(C)OC(=O)N[C@H](C(=O)N1C[C@H]2C([C@H]1C(=O)O)C2(C)C)C(C)(C)C. The molecular formula is C19H32N2O5. The molecule has 0 aromatic carbocycles. The van der Waals surface area contributed by atoms with E-state index in [0.717, 1.165) is 0 Å². The lowest BCUT2D eigenvalue weighted by Gasteiger charge is -2.37. The van der Waals surface area contributed by atoms with Crippen molar-refractivity contribution in [1.29, 1.82) is 0 Å². The first kappa shape index (κ1) is 20.5. The number of hydrogen-bond donors (Lipinski definition) is 2. The normalized spacial score (nSPS) is 28.2. The summed E-state index contributed by atoms with van der Waals surface area (Å²) in [5.41, 5.74) is -1.33. The van der Waals surface area contributed by atoms with E-state index in [0.29, 0.717) is 6.54 Å². The number of carbonyl (C=O) groups is 3. The van der Waals surface area contributed by atoms with Gasteiger partial charge in [-0.25, -0.2) is 9.59 Å². The summed E-state index contributed by atoms with van der Waals surface area (Å²) in [4.78, 5) is 38.6. The Bertz CT molecular complexity index is 614. The van der Waals surface area contributed by atoms with E-state index in [4.69, 9.17) is 4.74 Å². The topological polar surface area (TPSA) is 95.9 Å². The third-order valence-electron chi connectivity index (χ3n) is 5.52. The Morgan fingerprint density at radius 2 is 1.69 bits per heavy atom. The number of nitrogens with one attached hydrogen (secondary N) is 1. The minimum Gasteiger partial charge on any atom is -0.480 e. The van der Waals surface area contributed by atoms with Crippen LogP contribution in [0.25, 0.3) is 0 Å². The minimum absolute atomic E-state index is 0.0360. The van der Waals surface area contributed by atoms with Gasteiger partial charge in [0.2, 0.25) is 5.91 Å². The van der Waals surface area contributed by atoms with Crippen molar-refractivity contribution in [2.24, 2.45) is 22.7 Å². The van der Waals surface area contributed by atoms with Gasteiger partial charge in [-0.2, -0.15) is 0 Å². The molecule has 1 saturated carbocycles. The number of likely N-dealkylation sites (tertiary alicyclic amines) is 1. The molecule has 0 spiro atoms. The Morgan fingerprint density at radius 1 is 1.15 bits per heavy atom. The lowest BCUT2D eigenvalue weighted by molar-refractivity contribution is -0.152. The van der Waals surface area contributed by atoms with E-state index in [-0.39, 0.29) is 23.2 Å². The first-order chi connectivity index (χ1) is 11.6. The van der Waals surface area contributed by atoms with Gasteiger partial charge in [-0.15, -0.1) is 0 Å². The van der Waals surface area contributed by atoms with Crippen LogP contribution in [0.15, 0.2) is 0 Å². The molecule has 2 fully saturated rings. The molecule has 7 nitrogen and oxygen atoms in total. The molecule has 0 aromatic heterocycles. The molecule has 148 valence electrons. The first-order valence-corrected chi connectivity index (χ1v) is 9.10. The highest BCUT2D eigenvalue weighted by Gasteiger charge is 2.70. The van der Waals surface area contributed by atoms with Crippen LogP contribution in [0.4, 0.5) is 4.79 Å². The van der Waals surface area contributed by atoms with E-state index in [9.17, 15) is 19.5 Å². The van der Waals surface area contributed by atoms with Crippen LogP contribution in [0.2, 0.25) is 0 Å². The molecule has 1 aliphatic carbocycles. The van der Waals surface area contributed by atoms with Crippen LogP contribution in [0.3, 0.4) is 0 Å². The number of piperidine rings is 1. The number of alkyl carbamates (subject to hydrolysis) is 1. The molecule has 0 radical (unpaired) electrons. The van der Waals surface area contributed by atoms with Gasteiger partial charge in [-0.3, -0.25) is 4.79 Å². The predicted molar refractivity (Wildman–Crippen MR) is 96.5 cm³/mol. The lowest BCUT2D eigenvalue weighted by atomic mass is 9.85. The summed E-state index contributed by atoms with van der Waals surface area (Å²) in [7, 11) is 0. The van der Waals surface area contributed by atoms with Crippen molar-refractivity contribution < 1.29 is 24.2 Å². The molecule has 1 aliphatic heterocycles. The van der Waals surface area contributed by atoms with Crippen LogP contribution in [-0.4, -0.2) is 52.2 Å². The van der Waals surface area contributed by atoms with E-state index in [1.54, 1.807) is 20.8 Å². The van der Waals surface area contributed by atoms with E-state index in [1.807, 2.05) is 34.6 Å². The summed E-state index contributed by atoms with van der Waals surface area (Å²) in [6.45, 7) is 15.2. The Kier molecular flexibility index (Phi) is 4.84. The van der Waals surface area contributed by atoms with Crippen LogP contribution in [0.1, 0.15) is 55.4 Å². The van der Waals surface area contributed by atoms with E-state index in [1.165, 1.54) is 4.90 Å².